The molecule has 1 N–H and O–H groups in total. The Labute approximate surface area is 120 Å². The SMILES string of the molecule is CS(=O)(=O)OCc1c(F)ccnc1N1CCC(=O)NC1=O. The summed E-state index contributed by atoms with van der Waals surface area (Å²) in [5.74, 6) is -1.28. The summed E-state index contributed by atoms with van der Waals surface area (Å²) in [4.78, 5) is 27.8. The number of carbonyl (C=O) groups is 2. The second-order valence-corrected chi connectivity index (χ2v) is 5.96. The molecule has 2 heterocycles. The Morgan fingerprint density at radius 2 is 2.19 bits per heavy atom. The maximum absolute atomic E-state index is 13.8. The number of urea groups is 1. The molecule has 0 atom stereocenters. The number of aromatic nitrogens is 1. The van der Waals surface area contributed by atoms with Crippen LogP contribution in [0.2, 0.25) is 0 Å². The third-order valence-corrected chi connectivity index (χ3v) is 3.25. The molecule has 21 heavy (non-hydrogen) atoms. The molecule has 2 rings (SSSR count). The number of carbonyl (C=O) groups excluding carboxylic acids is 2. The van der Waals surface area contributed by atoms with Crippen molar-refractivity contribution in [2.45, 2.75) is 13.0 Å². The van der Waals surface area contributed by atoms with Crippen molar-refractivity contribution in [1.82, 2.24) is 10.3 Å². The molecule has 0 saturated carbocycles. The molecular weight excluding hydrogens is 305 g/mol. The van der Waals surface area contributed by atoms with Crippen LogP contribution in [0.25, 0.3) is 0 Å². The van der Waals surface area contributed by atoms with Crippen LogP contribution in [-0.2, 0) is 25.7 Å². The molecule has 0 spiro atoms. The van der Waals surface area contributed by atoms with Crippen molar-refractivity contribution in [2.24, 2.45) is 0 Å². The van der Waals surface area contributed by atoms with Crippen LogP contribution in [0.1, 0.15) is 12.0 Å². The van der Waals surface area contributed by atoms with Gasteiger partial charge in [-0.3, -0.25) is 19.2 Å². The van der Waals surface area contributed by atoms with Gasteiger partial charge < -0.3 is 0 Å². The minimum atomic E-state index is -3.78. The van der Waals surface area contributed by atoms with Gasteiger partial charge in [-0.05, 0) is 6.07 Å². The summed E-state index contributed by atoms with van der Waals surface area (Å²) in [5.41, 5.74) is -0.174. The van der Waals surface area contributed by atoms with Gasteiger partial charge in [-0.1, -0.05) is 0 Å². The van der Waals surface area contributed by atoms with Gasteiger partial charge in [0.05, 0.1) is 18.4 Å². The fraction of sp³-hybridized carbons (Fsp3) is 0.364. The Balaban J connectivity index is 2.33. The van der Waals surface area contributed by atoms with Crippen LogP contribution < -0.4 is 10.2 Å². The molecule has 1 fully saturated rings. The topological polar surface area (TPSA) is 106 Å². The Bertz CT molecular complexity index is 691. The Kier molecular flexibility index (Phi) is 4.19. The summed E-state index contributed by atoms with van der Waals surface area (Å²) >= 11 is 0. The summed E-state index contributed by atoms with van der Waals surface area (Å²) in [6.45, 7) is -0.571. The first-order valence-electron chi connectivity index (χ1n) is 5.87. The Morgan fingerprint density at radius 1 is 1.48 bits per heavy atom. The number of anilines is 1. The molecule has 3 amide bonds. The highest BCUT2D eigenvalue weighted by molar-refractivity contribution is 7.85. The van der Waals surface area contributed by atoms with E-state index in [1.165, 1.54) is 0 Å². The molecule has 1 saturated heterocycles. The molecule has 1 aliphatic rings. The zero-order valence-electron chi connectivity index (χ0n) is 11.0. The van der Waals surface area contributed by atoms with E-state index in [2.05, 4.69) is 14.5 Å². The summed E-state index contributed by atoms with van der Waals surface area (Å²) in [5, 5.41) is 2.07. The predicted octanol–water partition coefficient (Wildman–Crippen LogP) is 0.143. The molecule has 0 bridgehead atoms. The van der Waals surface area contributed by atoms with E-state index < -0.39 is 34.5 Å². The second kappa shape index (κ2) is 5.74. The number of halogens is 1. The molecule has 0 unspecified atom stereocenters. The fourth-order valence-electron chi connectivity index (χ4n) is 1.76. The van der Waals surface area contributed by atoms with Crippen molar-refractivity contribution in [3.05, 3.63) is 23.6 Å². The zero-order chi connectivity index (χ0) is 15.6. The van der Waals surface area contributed by atoms with E-state index in [-0.39, 0.29) is 24.3 Å². The lowest BCUT2D eigenvalue weighted by Gasteiger charge is -2.27. The highest BCUT2D eigenvalue weighted by Gasteiger charge is 2.28. The molecule has 1 aliphatic heterocycles. The van der Waals surface area contributed by atoms with Crippen LogP contribution in [0.4, 0.5) is 15.0 Å². The standard InChI is InChI=1S/C11H12FN3O5S/c1-21(18,19)20-6-7-8(12)2-4-13-10(7)15-5-3-9(16)14-11(15)17/h2,4H,3,5-6H2,1H3,(H,14,16,17). The van der Waals surface area contributed by atoms with Crippen LogP contribution in [0.3, 0.4) is 0 Å². The number of hydrogen-bond donors (Lipinski definition) is 1. The van der Waals surface area contributed by atoms with Crippen molar-refractivity contribution in [1.29, 1.82) is 0 Å². The van der Waals surface area contributed by atoms with Gasteiger partial charge in [-0.15, -0.1) is 0 Å². The van der Waals surface area contributed by atoms with E-state index in [1.807, 2.05) is 0 Å². The molecular formula is C11H12FN3O5S. The number of rotatable bonds is 4. The van der Waals surface area contributed by atoms with Crippen molar-refractivity contribution in [3.63, 3.8) is 0 Å². The van der Waals surface area contributed by atoms with Crippen molar-refractivity contribution < 1.29 is 26.6 Å². The van der Waals surface area contributed by atoms with E-state index in [1.54, 1.807) is 0 Å². The van der Waals surface area contributed by atoms with Gasteiger partial charge in [0.1, 0.15) is 11.6 Å². The summed E-state index contributed by atoms with van der Waals surface area (Å²) in [6.07, 6.45) is 2.00. The van der Waals surface area contributed by atoms with E-state index in [0.717, 1.165) is 23.4 Å². The highest BCUT2D eigenvalue weighted by Crippen LogP contribution is 2.23. The Hall–Kier alpha value is -2.07. The van der Waals surface area contributed by atoms with Crippen LogP contribution in [0, 0.1) is 5.82 Å². The fourth-order valence-corrected chi connectivity index (χ4v) is 2.09. The molecule has 1 aromatic rings. The number of hydrogen-bond acceptors (Lipinski definition) is 6. The first-order chi connectivity index (χ1) is 9.78. The highest BCUT2D eigenvalue weighted by atomic mass is 32.2. The van der Waals surface area contributed by atoms with Crippen molar-refractivity contribution in [2.75, 3.05) is 17.7 Å². The molecule has 10 heteroatoms. The summed E-state index contributed by atoms with van der Waals surface area (Å²) in [7, 11) is -3.78. The van der Waals surface area contributed by atoms with Gasteiger partial charge in [-0.25, -0.2) is 14.2 Å². The lowest BCUT2D eigenvalue weighted by Crippen LogP contribution is -2.50. The molecule has 0 aliphatic carbocycles. The third-order valence-electron chi connectivity index (χ3n) is 2.70. The van der Waals surface area contributed by atoms with Gasteiger partial charge in [0, 0.05) is 19.2 Å². The number of imide groups is 1. The normalized spacial score (nSPS) is 16.0. The quantitative estimate of drug-likeness (QED) is 0.792. The average molecular weight is 317 g/mol. The van der Waals surface area contributed by atoms with Gasteiger partial charge in [-0.2, -0.15) is 8.42 Å². The van der Waals surface area contributed by atoms with E-state index in [9.17, 15) is 22.4 Å². The first kappa shape index (κ1) is 15.3. The molecule has 1 aromatic heterocycles. The minimum absolute atomic E-state index is 0.0208. The van der Waals surface area contributed by atoms with Crippen molar-refractivity contribution >= 4 is 27.9 Å². The van der Waals surface area contributed by atoms with Crippen LogP contribution >= 0.6 is 0 Å². The Morgan fingerprint density at radius 3 is 2.81 bits per heavy atom. The van der Waals surface area contributed by atoms with Crippen LogP contribution in [0.15, 0.2) is 12.3 Å². The van der Waals surface area contributed by atoms with Gasteiger partial charge in [0.2, 0.25) is 5.91 Å². The van der Waals surface area contributed by atoms with Crippen molar-refractivity contribution in [3.8, 4) is 0 Å². The second-order valence-electron chi connectivity index (χ2n) is 4.32. The molecule has 114 valence electrons. The average Bonchev–Trinajstić information content (AvgIpc) is 2.36. The number of nitrogens with one attached hydrogen (secondary N) is 1. The van der Waals surface area contributed by atoms with Gasteiger partial charge in [0.15, 0.2) is 0 Å². The van der Waals surface area contributed by atoms with E-state index in [0.29, 0.717) is 0 Å². The van der Waals surface area contributed by atoms with E-state index >= 15 is 0 Å². The maximum atomic E-state index is 13.8. The zero-order valence-corrected chi connectivity index (χ0v) is 11.8. The molecule has 8 nitrogen and oxygen atoms in total. The monoisotopic (exact) mass is 317 g/mol. The van der Waals surface area contributed by atoms with E-state index in [4.69, 9.17) is 0 Å². The third kappa shape index (κ3) is 3.73. The number of amides is 3. The predicted molar refractivity (Wildman–Crippen MR) is 69.3 cm³/mol. The molecule has 0 radical (unpaired) electrons. The maximum Gasteiger partial charge on any atom is 0.329 e. The van der Waals surface area contributed by atoms with Gasteiger partial charge >= 0.3 is 6.03 Å². The lowest BCUT2D eigenvalue weighted by atomic mass is 10.2. The van der Waals surface area contributed by atoms with Gasteiger partial charge in [0.25, 0.3) is 10.1 Å². The smallest absolute Gasteiger partial charge is 0.278 e. The lowest BCUT2D eigenvalue weighted by molar-refractivity contribution is -0.120. The summed E-state index contributed by atoms with van der Waals surface area (Å²) < 4.78 is 40.4. The minimum Gasteiger partial charge on any atom is -0.278 e. The number of nitrogens with zero attached hydrogens (tertiary/aromatic N) is 2. The molecule has 0 aromatic carbocycles. The van der Waals surface area contributed by atoms with Crippen LogP contribution in [0.5, 0.6) is 0 Å². The van der Waals surface area contributed by atoms with Crippen LogP contribution in [-0.4, -0.2) is 38.1 Å². The summed E-state index contributed by atoms with van der Waals surface area (Å²) in [6, 6.07) is 0.280. The number of pyridine rings is 1. The first-order valence-corrected chi connectivity index (χ1v) is 7.69. The largest absolute Gasteiger partial charge is 0.329 e.